The van der Waals surface area contributed by atoms with E-state index in [1.165, 1.54) is 28.5 Å². The summed E-state index contributed by atoms with van der Waals surface area (Å²) in [6.07, 6.45) is 2.40. The van der Waals surface area contributed by atoms with Gasteiger partial charge >= 0.3 is 0 Å². The van der Waals surface area contributed by atoms with Crippen LogP contribution in [0, 0.1) is 5.92 Å². The van der Waals surface area contributed by atoms with Gasteiger partial charge in [-0.25, -0.2) is 0 Å². The van der Waals surface area contributed by atoms with Gasteiger partial charge in [0.05, 0.1) is 0 Å². The van der Waals surface area contributed by atoms with E-state index >= 15 is 0 Å². The van der Waals surface area contributed by atoms with Crippen LogP contribution in [0.2, 0.25) is 0 Å². The van der Waals surface area contributed by atoms with Crippen LogP contribution in [0.15, 0.2) is 29.6 Å². The first kappa shape index (κ1) is 13.6. The second-order valence-corrected chi connectivity index (χ2v) is 6.23. The number of hydrogen-bond donors (Lipinski definition) is 1. The zero-order valence-corrected chi connectivity index (χ0v) is 12.4. The van der Waals surface area contributed by atoms with Gasteiger partial charge in [0.25, 0.3) is 0 Å². The van der Waals surface area contributed by atoms with Crippen molar-refractivity contribution in [2.45, 2.75) is 39.7 Å². The van der Waals surface area contributed by atoms with E-state index in [1.807, 2.05) is 11.3 Å². The van der Waals surface area contributed by atoms with Crippen LogP contribution in [0.1, 0.15) is 45.2 Å². The fourth-order valence-electron chi connectivity index (χ4n) is 2.38. The molecule has 0 amide bonds. The minimum atomic E-state index is 0.501. The second kappa shape index (κ2) is 6.35. The summed E-state index contributed by atoms with van der Waals surface area (Å²) < 4.78 is 1.40. The van der Waals surface area contributed by atoms with Crippen LogP contribution < -0.4 is 5.32 Å². The third-order valence-corrected chi connectivity index (χ3v) is 4.22. The van der Waals surface area contributed by atoms with Crippen molar-refractivity contribution in [2.24, 2.45) is 5.92 Å². The van der Waals surface area contributed by atoms with Gasteiger partial charge in [0.1, 0.15) is 0 Å². The van der Waals surface area contributed by atoms with Gasteiger partial charge in [-0.15, -0.1) is 11.3 Å². The third-order valence-electron chi connectivity index (χ3n) is 3.23. The van der Waals surface area contributed by atoms with Crippen molar-refractivity contribution in [2.75, 3.05) is 6.54 Å². The molecule has 1 atom stereocenters. The van der Waals surface area contributed by atoms with E-state index in [0.29, 0.717) is 6.04 Å². The lowest BCUT2D eigenvalue weighted by Crippen LogP contribution is -2.23. The van der Waals surface area contributed by atoms with E-state index in [9.17, 15) is 0 Å². The molecule has 1 nitrogen and oxygen atoms in total. The summed E-state index contributed by atoms with van der Waals surface area (Å²) in [6.45, 7) is 7.93. The van der Waals surface area contributed by atoms with E-state index < -0.39 is 0 Å². The highest BCUT2D eigenvalue weighted by Gasteiger charge is 2.16. The Morgan fingerprint density at radius 3 is 2.72 bits per heavy atom. The number of fused-ring (bicyclic) bond motifs is 1. The molecule has 2 rings (SSSR count). The summed E-state index contributed by atoms with van der Waals surface area (Å²) in [6, 6.07) is 9.24. The van der Waals surface area contributed by atoms with Crippen LogP contribution in [0.4, 0.5) is 0 Å². The maximum Gasteiger partial charge on any atom is 0.0346 e. The smallest absolute Gasteiger partial charge is 0.0346 e. The number of hydrogen-bond acceptors (Lipinski definition) is 2. The summed E-state index contributed by atoms with van der Waals surface area (Å²) in [5, 5.41) is 7.46. The van der Waals surface area contributed by atoms with E-state index in [4.69, 9.17) is 0 Å². The van der Waals surface area contributed by atoms with E-state index in [2.05, 4.69) is 55.7 Å². The van der Waals surface area contributed by atoms with E-state index in [0.717, 1.165) is 12.5 Å². The molecule has 0 saturated carbocycles. The lowest BCUT2D eigenvalue weighted by molar-refractivity contribution is 0.433. The maximum absolute atomic E-state index is 3.70. The van der Waals surface area contributed by atoms with Crippen molar-refractivity contribution in [1.29, 1.82) is 0 Å². The first-order valence-electron chi connectivity index (χ1n) is 6.92. The minimum Gasteiger partial charge on any atom is -0.310 e. The molecule has 0 aliphatic carbocycles. The molecule has 2 heteroatoms. The normalized spacial score (nSPS) is 13.3. The molecule has 98 valence electrons. The SMILES string of the molecule is CCCNC(CC(C)C)c1csc2ccccc12. The molecule has 0 saturated heterocycles. The van der Waals surface area contributed by atoms with E-state index in [1.54, 1.807) is 0 Å². The molecule has 0 aliphatic heterocycles. The topological polar surface area (TPSA) is 12.0 Å². The highest BCUT2D eigenvalue weighted by atomic mass is 32.1. The van der Waals surface area contributed by atoms with Gasteiger partial charge in [0.2, 0.25) is 0 Å². The fraction of sp³-hybridized carbons (Fsp3) is 0.500. The Kier molecular flexibility index (Phi) is 4.79. The standard InChI is InChI=1S/C16H23NS/c1-4-9-17-15(10-12(2)3)14-11-18-16-8-6-5-7-13(14)16/h5-8,11-12,15,17H,4,9-10H2,1-3H3. The van der Waals surface area contributed by atoms with Crippen molar-refractivity contribution < 1.29 is 0 Å². The Hall–Kier alpha value is -0.860. The monoisotopic (exact) mass is 261 g/mol. The van der Waals surface area contributed by atoms with Crippen molar-refractivity contribution >= 4 is 21.4 Å². The Labute approximate surface area is 114 Å². The molecule has 1 aromatic carbocycles. The highest BCUT2D eigenvalue weighted by molar-refractivity contribution is 7.17. The molecule has 1 aromatic heterocycles. The highest BCUT2D eigenvalue weighted by Crippen LogP contribution is 2.33. The van der Waals surface area contributed by atoms with Crippen molar-refractivity contribution in [3.05, 3.63) is 35.2 Å². The van der Waals surface area contributed by atoms with Crippen LogP contribution in [-0.4, -0.2) is 6.54 Å². The molecule has 2 aromatic rings. The summed E-state index contributed by atoms with van der Waals surface area (Å²) in [7, 11) is 0. The molecule has 1 N–H and O–H groups in total. The molecule has 18 heavy (non-hydrogen) atoms. The predicted octanol–water partition coefficient (Wildman–Crippen LogP) is 4.99. The number of rotatable bonds is 6. The Bertz CT molecular complexity index is 487. The number of benzene rings is 1. The molecule has 0 spiro atoms. The van der Waals surface area contributed by atoms with Gasteiger partial charge in [-0.05, 0) is 47.7 Å². The van der Waals surface area contributed by atoms with Gasteiger partial charge in [0.15, 0.2) is 0 Å². The summed E-state index contributed by atoms with van der Waals surface area (Å²) in [5.74, 6) is 0.720. The summed E-state index contributed by atoms with van der Waals surface area (Å²) >= 11 is 1.86. The predicted molar refractivity (Wildman–Crippen MR) is 82.3 cm³/mol. The first-order chi connectivity index (χ1) is 8.72. The zero-order chi connectivity index (χ0) is 13.0. The van der Waals surface area contributed by atoms with Gasteiger partial charge in [-0.2, -0.15) is 0 Å². The molecule has 0 bridgehead atoms. The van der Waals surface area contributed by atoms with Crippen LogP contribution in [0.3, 0.4) is 0 Å². The number of nitrogens with one attached hydrogen (secondary N) is 1. The van der Waals surface area contributed by atoms with Gasteiger partial charge in [0, 0.05) is 10.7 Å². The van der Waals surface area contributed by atoms with Crippen LogP contribution in [0.5, 0.6) is 0 Å². The Morgan fingerprint density at radius 1 is 1.22 bits per heavy atom. The van der Waals surface area contributed by atoms with Crippen molar-refractivity contribution in [3.63, 3.8) is 0 Å². The molecule has 0 aliphatic rings. The van der Waals surface area contributed by atoms with Crippen LogP contribution in [0.25, 0.3) is 10.1 Å². The largest absolute Gasteiger partial charge is 0.310 e. The van der Waals surface area contributed by atoms with E-state index in [-0.39, 0.29) is 0 Å². The zero-order valence-electron chi connectivity index (χ0n) is 11.6. The molecule has 1 unspecified atom stereocenters. The molecule has 0 fully saturated rings. The lowest BCUT2D eigenvalue weighted by atomic mass is 9.96. The Morgan fingerprint density at radius 2 is 2.00 bits per heavy atom. The third kappa shape index (κ3) is 3.12. The van der Waals surface area contributed by atoms with Crippen molar-refractivity contribution in [1.82, 2.24) is 5.32 Å². The average Bonchev–Trinajstić information content (AvgIpc) is 2.78. The molecular formula is C16H23NS. The van der Waals surface area contributed by atoms with Crippen molar-refractivity contribution in [3.8, 4) is 0 Å². The van der Waals surface area contributed by atoms with Crippen LogP contribution in [-0.2, 0) is 0 Å². The maximum atomic E-state index is 3.70. The molecule has 0 radical (unpaired) electrons. The quantitative estimate of drug-likeness (QED) is 0.772. The summed E-state index contributed by atoms with van der Waals surface area (Å²) in [4.78, 5) is 0. The lowest BCUT2D eigenvalue weighted by Gasteiger charge is -2.20. The second-order valence-electron chi connectivity index (χ2n) is 5.32. The summed E-state index contributed by atoms with van der Waals surface area (Å²) in [5.41, 5.74) is 1.48. The Balaban J connectivity index is 2.28. The molecular weight excluding hydrogens is 238 g/mol. The van der Waals surface area contributed by atoms with Crippen LogP contribution >= 0.6 is 11.3 Å². The van der Waals surface area contributed by atoms with Gasteiger partial charge in [-0.3, -0.25) is 0 Å². The van der Waals surface area contributed by atoms with Gasteiger partial charge in [-0.1, -0.05) is 39.0 Å². The fourth-order valence-corrected chi connectivity index (χ4v) is 3.39. The number of thiophene rings is 1. The van der Waals surface area contributed by atoms with Gasteiger partial charge < -0.3 is 5.32 Å². The average molecular weight is 261 g/mol. The first-order valence-corrected chi connectivity index (χ1v) is 7.79. The molecule has 1 heterocycles. The minimum absolute atomic E-state index is 0.501.